The van der Waals surface area contributed by atoms with Crippen molar-refractivity contribution in [2.75, 3.05) is 13.2 Å². The van der Waals surface area contributed by atoms with Gasteiger partial charge < -0.3 is 14.2 Å². The summed E-state index contributed by atoms with van der Waals surface area (Å²) in [7, 11) is 0. The van der Waals surface area contributed by atoms with Crippen LogP contribution >= 0.6 is 0 Å². The fraction of sp³-hybridized carbons (Fsp3) is 0.704. The SMILES string of the molecule is CC/C=C\C/C=C\C/C=C\C/C=C\C/C=C\C/C=C\C/C=C\C/C=C\CCCCCCC(=O)OCC(COC(=O)CCCCCCCCCCCCC)OC(=O)CCCCCCCCCCC/C=C\CCCCCCCC. The Morgan fingerprint density at radius 1 is 0.273 bits per heavy atom. The number of hydrogen-bond acceptors (Lipinski definition) is 6. The largest absolute Gasteiger partial charge is 0.462 e. The molecule has 0 fully saturated rings. The number of carbonyl (C=O) groups is 3. The fourth-order valence-corrected chi connectivity index (χ4v) is 8.92. The average molecular weight is 1070 g/mol. The minimum absolute atomic E-state index is 0.0852. The van der Waals surface area contributed by atoms with Gasteiger partial charge in [0, 0.05) is 19.3 Å². The molecule has 6 heteroatoms. The van der Waals surface area contributed by atoms with E-state index in [4.69, 9.17) is 14.2 Å². The molecule has 0 aliphatic heterocycles. The number of ether oxygens (including phenoxy) is 3. The van der Waals surface area contributed by atoms with Crippen LogP contribution in [0.25, 0.3) is 0 Å². The van der Waals surface area contributed by atoms with Crippen molar-refractivity contribution in [3.05, 3.63) is 109 Å². The van der Waals surface area contributed by atoms with Crippen LogP contribution in [-0.4, -0.2) is 37.2 Å². The summed E-state index contributed by atoms with van der Waals surface area (Å²) in [5, 5.41) is 0. The monoisotopic (exact) mass is 1070 g/mol. The molecule has 0 amide bonds. The van der Waals surface area contributed by atoms with Gasteiger partial charge in [0.05, 0.1) is 0 Å². The Hall–Kier alpha value is -3.93. The van der Waals surface area contributed by atoms with E-state index < -0.39 is 6.10 Å². The number of carbonyl (C=O) groups excluding carboxylic acids is 3. The molecule has 0 aromatic carbocycles. The molecule has 0 heterocycles. The maximum atomic E-state index is 12.9. The molecule has 0 bridgehead atoms. The molecule has 1 unspecified atom stereocenters. The first-order chi connectivity index (χ1) is 38.0. The van der Waals surface area contributed by atoms with Crippen LogP contribution < -0.4 is 0 Å². The summed E-state index contributed by atoms with van der Waals surface area (Å²) in [5.74, 6) is -0.906. The van der Waals surface area contributed by atoms with Crippen LogP contribution in [0, 0.1) is 0 Å². The van der Waals surface area contributed by atoms with Crippen LogP contribution in [0.1, 0.15) is 303 Å². The summed E-state index contributed by atoms with van der Waals surface area (Å²) in [5.41, 5.74) is 0. The molecule has 0 saturated heterocycles. The van der Waals surface area contributed by atoms with E-state index >= 15 is 0 Å². The summed E-state index contributed by atoms with van der Waals surface area (Å²) in [6.07, 6.45) is 88.1. The van der Waals surface area contributed by atoms with Crippen molar-refractivity contribution in [1.29, 1.82) is 0 Å². The minimum atomic E-state index is -0.790. The maximum absolute atomic E-state index is 12.9. The molecule has 0 aliphatic carbocycles. The van der Waals surface area contributed by atoms with Crippen LogP contribution in [-0.2, 0) is 28.6 Å². The minimum Gasteiger partial charge on any atom is -0.462 e. The number of hydrogen-bond donors (Lipinski definition) is 0. The molecule has 0 spiro atoms. The Morgan fingerprint density at radius 2 is 0.506 bits per heavy atom. The Morgan fingerprint density at radius 3 is 0.805 bits per heavy atom. The first-order valence-corrected chi connectivity index (χ1v) is 32.4. The summed E-state index contributed by atoms with van der Waals surface area (Å²) in [6, 6.07) is 0. The van der Waals surface area contributed by atoms with Gasteiger partial charge >= 0.3 is 17.9 Å². The van der Waals surface area contributed by atoms with Gasteiger partial charge in [-0.1, -0.05) is 284 Å². The Balaban J connectivity index is 4.34. The van der Waals surface area contributed by atoms with E-state index in [0.717, 1.165) is 122 Å². The van der Waals surface area contributed by atoms with Gasteiger partial charge in [0.25, 0.3) is 0 Å². The number of esters is 3. The van der Waals surface area contributed by atoms with E-state index in [2.05, 4.69) is 130 Å². The third kappa shape index (κ3) is 62.8. The molecule has 1 atom stereocenters. The van der Waals surface area contributed by atoms with Crippen molar-refractivity contribution < 1.29 is 28.6 Å². The van der Waals surface area contributed by atoms with Crippen molar-refractivity contribution in [2.24, 2.45) is 0 Å². The third-order valence-corrected chi connectivity index (χ3v) is 13.8. The second-order valence-corrected chi connectivity index (χ2v) is 21.3. The highest BCUT2D eigenvalue weighted by molar-refractivity contribution is 5.71. The molecule has 6 nitrogen and oxygen atoms in total. The lowest BCUT2D eigenvalue weighted by atomic mass is 10.1. The zero-order chi connectivity index (χ0) is 55.7. The maximum Gasteiger partial charge on any atom is 0.306 e. The third-order valence-electron chi connectivity index (χ3n) is 13.8. The van der Waals surface area contributed by atoms with E-state index in [1.807, 2.05) is 0 Å². The Bertz CT molecular complexity index is 1560. The summed E-state index contributed by atoms with van der Waals surface area (Å²) in [4.78, 5) is 38.3. The fourth-order valence-electron chi connectivity index (χ4n) is 8.92. The summed E-state index contributed by atoms with van der Waals surface area (Å²) >= 11 is 0. The molecule has 0 aliphatic rings. The molecular weight excluding hydrogens is 949 g/mol. The molecule has 77 heavy (non-hydrogen) atoms. The summed E-state index contributed by atoms with van der Waals surface area (Å²) in [6.45, 7) is 6.51. The Labute approximate surface area is 476 Å². The standard InChI is InChI=1S/C71H120O6/c1-4-7-10-13-16-19-22-24-26-28-30-31-32-33-34-35-36-37-38-39-41-42-44-46-49-52-55-58-61-64-70(73)76-67-68(66-75-69(72)63-60-57-54-51-48-21-18-15-12-9-6-3)77-71(74)65-62-59-56-53-50-47-45-43-40-29-27-25-23-20-17-14-11-8-5-2/h7,10,16,19,24-27,30-31,33-34,36-37,39,41,44,46,68H,4-6,8-9,11-15,17-18,20-23,28-29,32,35,38,40,42-43,45,47-67H2,1-3H3/b10-7-,19-16-,26-24-,27-25-,31-30-,34-33-,37-36-,41-39-,46-44-. The van der Waals surface area contributed by atoms with Gasteiger partial charge in [-0.3, -0.25) is 14.4 Å². The predicted octanol–water partition coefficient (Wildman–Crippen LogP) is 22.2. The van der Waals surface area contributed by atoms with Crippen LogP contribution in [0.15, 0.2) is 109 Å². The lowest BCUT2D eigenvalue weighted by Gasteiger charge is -2.18. The first kappa shape index (κ1) is 73.1. The second-order valence-electron chi connectivity index (χ2n) is 21.3. The molecule has 0 N–H and O–H groups in total. The van der Waals surface area contributed by atoms with Crippen LogP contribution in [0.4, 0.5) is 0 Å². The number of allylic oxidation sites excluding steroid dienone is 18. The number of rotatable bonds is 58. The van der Waals surface area contributed by atoms with Gasteiger partial charge in [-0.2, -0.15) is 0 Å². The molecule has 0 rings (SSSR count). The van der Waals surface area contributed by atoms with Gasteiger partial charge in [0.1, 0.15) is 13.2 Å². The van der Waals surface area contributed by atoms with E-state index in [1.54, 1.807) is 0 Å². The quantitative estimate of drug-likeness (QED) is 0.0261. The highest BCUT2D eigenvalue weighted by Crippen LogP contribution is 2.16. The highest BCUT2D eigenvalue weighted by atomic mass is 16.6. The molecule has 440 valence electrons. The van der Waals surface area contributed by atoms with Crippen molar-refractivity contribution in [2.45, 2.75) is 309 Å². The molecule has 0 saturated carbocycles. The van der Waals surface area contributed by atoms with Crippen molar-refractivity contribution >= 4 is 17.9 Å². The smallest absolute Gasteiger partial charge is 0.306 e. The van der Waals surface area contributed by atoms with E-state index in [0.29, 0.717) is 19.3 Å². The van der Waals surface area contributed by atoms with Gasteiger partial charge in [-0.25, -0.2) is 0 Å². The zero-order valence-electron chi connectivity index (χ0n) is 50.4. The van der Waals surface area contributed by atoms with Crippen molar-refractivity contribution in [1.82, 2.24) is 0 Å². The predicted molar refractivity (Wildman–Crippen MR) is 334 cm³/mol. The van der Waals surface area contributed by atoms with Gasteiger partial charge in [-0.05, 0) is 109 Å². The number of unbranched alkanes of at least 4 members (excludes halogenated alkanes) is 29. The lowest BCUT2D eigenvalue weighted by Crippen LogP contribution is -2.30. The van der Waals surface area contributed by atoms with Gasteiger partial charge in [-0.15, -0.1) is 0 Å². The van der Waals surface area contributed by atoms with Crippen LogP contribution in [0.2, 0.25) is 0 Å². The summed E-state index contributed by atoms with van der Waals surface area (Å²) < 4.78 is 16.9. The van der Waals surface area contributed by atoms with E-state index in [1.165, 1.54) is 141 Å². The van der Waals surface area contributed by atoms with Gasteiger partial charge in [0.2, 0.25) is 0 Å². The molecule has 0 aromatic rings. The molecular formula is C71H120O6. The lowest BCUT2D eigenvalue weighted by molar-refractivity contribution is -0.167. The van der Waals surface area contributed by atoms with Gasteiger partial charge in [0.15, 0.2) is 6.10 Å². The second kappa shape index (κ2) is 64.6. The topological polar surface area (TPSA) is 78.9 Å². The highest BCUT2D eigenvalue weighted by Gasteiger charge is 2.19. The zero-order valence-corrected chi connectivity index (χ0v) is 50.4. The Kier molecular flexibility index (Phi) is 61.3. The molecule has 0 radical (unpaired) electrons. The van der Waals surface area contributed by atoms with Crippen LogP contribution in [0.5, 0.6) is 0 Å². The van der Waals surface area contributed by atoms with E-state index in [-0.39, 0.29) is 31.1 Å². The normalized spacial score (nSPS) is 12.8. The van der Waals surface area contributed by atoms with Crippen LogP contribution in [0.3, 0.4) is 0 Å². The molecule has 0 aromatic heterocycles. The van der Waals surface area contributed by atoms with E-state index in [9.17, 15) is 14.4 Å². The van der Waals surface area contributed by atoms with Crippen molar-refractivity contribution in [3.8, 4) is 0 Å². The van der Waals surface area contributed by atoms with Crippen molar-refractivity contribution in [3.63, 3.8) is 0 Å². The average Bonchev–Trinajstić information content (AvgIpc) is 3.43. The first-order valence-electron chi connectivity index (χ1n) is 32.4.